The van der Waals surface area contributed by atoms with Crippen LogP contribution in [0.5, 0.6) is 0 Å². The number of amides is 2. The van der Waals surface area contributed by atoms with Gasteiger partial charge < -0.3 is 4.74 Å². The maximum Gasteiger partial charge on any atom is 0.338 e. The molecular formula is C17H13ClN2O4. The number of fused-ring (bicyclic) bond motifs is 1. The van der Waals surface area contributed by atoms with Crippen molar-refractivity contribution in [2.24, 2.45) is 0 Å². The van der Waals surface area contributed by atoms with Gasteiger partial charge in [-0.25, -0.2) is 9.78 Å². The lowest BCUT2D eigenvalue weighted by atomic mass is 10.1. The van der Waals surface area contributed by atoms with Crippen LogP contribution in [-0.4, -0.2) is 40.8 Å². The van der Waals surface area contributed by atoms with Crippen molar-refractivity contribution in [3.05, 3.63) is 64.4 Å². The third kappa shape index (κ3) is 3.14. The average Bonchev–Trinajstić information content (AvgIpc) is 2.83. The Labute approximate surface area is 143 Å². The molecule has 2 amide bonds. The second-order valence-electron chi connectivity index (χ2n) is 5.16. The van der Waals surface area contributed by atoms with E-state index in [4.69, 9.17) is 16.3 Å². The average molecular weight is 345 g/mol. The molecule has 122 valence electrons. The number of ether oxygens (including phenoxy) is 1. The second-order valence-corrected chi connectivity index (χ2v) is 5.55. The zero-order valence-electron chi connectivity index (χ0n) is 12.6. The van der Waals surface area contributed by atoms with Gasteiger partial charge in [-0.2, -0.15) is 0 Å². The number of aromatic nitrogens is 1. The van der Waals surface area contributed by atoms with Crippen molar-refractivity contribution < 1.29 is 19.1 Å². The van der Waals surface area contributed by atoms with Gasteiger partial charge >= 0.3 is 5.97 Å². The maximum atomic E-state index is 12.2. The van der Waals surface area contributed by atoms with E-state index in [1.807, 2.05) is 0 Å². The number of halogens is 1. The normalized spacial score (nSPS) is 13.1. The number of pyridine rings is 1. The Morgan fingerprint density at radius 3 is 2.42 bits per heavy atom. The van der Waals surface area contributed by atoms with Crippen molar-refractivity contribution in [2.45, 2.75) is 6.42 Å². The van der Waals surface area contributed by atoms with Gasteiger partial charge in [0.25, 0.3) is 11.8 Å². The molecule has 0 unspecified atom stereocenters. The highest BCUT2D eigenvalue weighted by atomic mass is 35.5. The molecule has 2 heterocycles. The fourth-order valence-electron chi connectivity index (χ4n) is 2.44. The van der Waals surface area contributed by atoms with Crippen LogP contribution in [0.1, 0.15) is 37.5 Å². The summed E-state index contributed by atoms with van der Waals surface area (Å²) in [7, 11) is 0. The van der Waals surface area contributed by atoms with Gasteiger partial charge in [0.05, 0.1) is 23.3 Å². The number of hydrogen-bond donors (Lipinski definition) is 0. The fraction of sp³-hybridized carbons (Fsp3) is 0.176. The van der Waals surface area contributed by atoms with Crippen molar-refractivity contribution in [1.29, 1.82) is 0 Å². The molecule has 1 aliphatic rings. The van der Waals surface area contributed by atoms with Crippen LogP contribution in [0.2, 0.25) is 5.15 Å². The summed E-state index contributed by atoms with van der Waals surface area (Å²) in [6.45, 7) is 0.281. The first-order chi connectivity index (χ1) is 11.6. The van der Waals surface area contributed by atoms with Crippen LogP contribution in [-0.2, 0) is 4.74 Å². The largest absolute Gasteiger partial charge is 0.462 e. The zero-order valence-corrected chi connectivity index (χ0v) is 13.3. The Morgan fingerprint density at radius 2 is 1.79 bits per heavy atom. The van der Waals surface area contributed by atoms with Gasteiger partial charge in [0.2, 0.25) is 0 Å². The van der Waals surface area contributed by atoms with Gasteiger partial charge in [0.1, 0.15) is 5.15 Å². The lowest BCUT2D eigenvalue weighted by Gasteiger charge is -2.13. The highest BCUT2D eigenvalue weighted by Crippen LogP contribution is 2.22. The number of hydrogen-bond acceptors (Lipinski definition) is 5. The summed E-state index contributed by atoms with van der Waals surface area (Å²) in [5.41, 5.74) is 1.12. The van der Waals surface area contributed by atoms with E-state index < -0.39 is 5.97 Å². The van der Waals surface area contributed by atoms with E-state index in [9.17, 15) is 14.4 Å². The Hall–Kier alpha value is -2.73. The van der Waals surface area contributed by atoms with Crippen molar-refractivity contribution in [2.75, 3.05) is 13.2 Å². The van der Waals surface area contributed by atoms with Crippen molar-refractivity contribution >= 4 is 29.4 Å². The molecule has 3 rings (SSSR count). The molecule has 7 heteroatoms. The van der Waals surface area contributed by atoms with Crippen LogP contribution in [0, 0.1) is 0 Å². The van der Waals surface area contributed by atoms with E-state index in [0.29, 0.717) is 23.1 Å². The van der Waals surface area contributed by atoms with Crippen LogP contribution in [0.15, 0.2) is 42.6 Å². The van der Waals surface area contributed by atoms with Crippen LogP contribution < -0.4 is 0 Å². The van der Waals surface area contributed by atoms with Crippen LogP contribution in [0.25, 0.3) is 0 Å². The summed E-state index contributed by atoms with van der Waals surface area (Å²) in [4.78, 5) is 41.1. The number of imide groups is 1. The van der Waals surface area contributed by atoms with Gasteiger partial charge in [-0.3, -0.25) is 14.5 Å². The number of esters is 1. The van der Waals surface area contributed by atoms with Crippen LogP contribution in [0.3, 0.4) is 0 Å². The van der Waals surface area contributed by atoms with Crippen molar-refractivity contribution in [1.82, 2.24) is 9.88 Å². The van der Waals surface area contributed by atoms with E-state index >= 15 is 0 Å². The molecule has 1 aromatic carbocycles. The molecule has 0 spiro atoms. The van der Waals surface area contributed by atoms with Crippen LogP contribution >= 0.6 is 11.6 Å². The molecule has 0 atom stereocenters. The monoisotopic (exact) mass is 344 g/mol. The first-order valence-corrected chi connectivity index (χ1v) is 7.69. The van der Waals surface area contributed by atoms with Crippen LogP contribution in [0.4, 0.5) is 0 Å². The highest BCUT2D eigenvalue weighted by Gasteiger charge is 2.34. The van der Waals surface area contributed by atoms with Gasteiger partial charge in [-0.1, -0.05) is 23.7 Å². The zero-order chi connectivity index (χ0) is 17.1. The molecule has 2 aromatic rings. The second kappa shape index (κ2) is 6.80. The summed E-state index contributed by atoms with van der Waals surface area (Å²) in [5, 5.41) is 0.204. The Bertz CT molecular complexity index is 787. The maximum absolute atomic E-state index is 12.2. The number of rotatable bonds is 5. The van der Waals surface area contributed by atoms with Gasteiger partial charge in [0.15, 0.2) is 0 Å². The van der Waals surface area contributed by atoms with Gasteiger partial charge in [-0.15, -0.1) is 0 Å². The third-order valence-electron chi connectivity index (χ3n) is 3.60. The molecule has 1 aliphatic heterocycles. The molecule has 24 heavy (non-hydrogen) atoms. The minimum Gasteiger partial charge on any atom is -0.462 e. The fourth-order valence-corrected chi connectivity index (χ4v) is 2.62. The molecule has 0 aliphatic carbocycles. The lowest BCUT2D eigenvalue weighted by molar-refractivity contribution is 0.0482. The molecule has 0 bridgehead atoms. The predicted molar refractivity (Wildman–Crippen MR) is 86.0 cm³/mol. The SMILES string of the molecule is O=C(OCCCN1C(=O)c2ccccc2C1=O)c1ccnc(Cl)c1. The van der Waals surface area contributed by atoms with Crippen molar-refractivity contribution in [3.8, 4) is 0 Å². The van der Waals surface area contributed by atoms with E-state index in [1.165, 1.54) is 23.2 Å². The minimum atomic E-state index is -0.526. The number of nitrogens with zero attached hydrogens (tertiary/aromatic N) is 2. The first kappa shape index (κ1) is 16.1. The Morgan fingerprint density at radius 1 is 1.12 bits per heavy atom. The van der Waals surface area contributed by atoms with E-state index in [2.05, 4.69) is 4.98 Å². The minimum absolute atomic E-state index is 0.0895. The number of benzene rings is 1. The standard InChI is InChI=1S/C17H13ClN2O4/c18-14-10-11(6-7-19-14)17(23)24-9-3-8-20-15(21)12-4-1-2-5-13(12)16(20)22/h1-2,4-7,10H,3,8-9H2. The molecule has 0 saturated carbocycles. The smallest absolute Gasteiger partial charge is 0.338 e. The third-order valence-corrected chi connectivity index (χ3v) is 3.81. The summed E-state index contributed by atoms with van der Waals surface area (Å²) >= 11 is 5.71. The molecule has 0 N–H and O–H groups in total. The molecule has 1 aromatic heterocycles. The predicted octanol–water partition coefficient (Wildman–Crippen LogP) is 2.58. The molecule has 0 fully saturated rings. The summed E-state index contributed by atoms with van der Waals surface area (Å²) in [6, 6.07) is 9.60. The first-order valence-electron chi connectivity index (χ1n) is 7.32. The molecular weight excluding hydrogens is 332 g/mol. The molecule has 0 saturated heterocycles. The lowest BCUT2D eigenvalue weighted by Crippen LogP contribution is -2.31. The van der Waals surface area contributed by atoms with E-state index in [1.54, 1.807) is 24.3 Å². The summed E-state index contributed by atoms with van der Waals surface area (Å²) < 4.78 is 5.12. The Kier molecular flexibility index (Phi) is 4.57. The summed E-state index contributed by atoms with van der Waals surface area (Å²) in [5.74, 6) is -1.16. The van der Waals surface area contributed by atoms with Gasteiger partial charge in [0, 0.05) is 12.7 Å². The number of carbonyl (C=O) groups is 3. The van der Waals surface area contributed by atoms with Gasteiger partial charge in [-0.05, 0) is 30.7 Å². The van der Waals surface area contributed by atoms with E-state index in [-0.39, 0.29) is 30.1 Å². The van der Waals surface area contributed by atoms with E-state index in [0.717, 1.165) is 0 Å². The van der Waals surface area contributed by atoms with Crippen molar-refractivity contribution in [3.63, 3.8) is 0 Å². The number of carbonyl (C=O) groups excluding carboxylic acids is 3. The Balaban J connectivity index is 1.52. The molecule has 6 nitrogen and oxygen atoms in total. The topological polar surface area (TPSA) is 76.6 Å². The highest BCUT2D eigenvalue weighted by molar-refractivity contribution is 6.29. The molecule has 0 radical (unpaired) electrons. The quantitative estimate of drug-likeness (QED) is 0.360. The summed E-state index contributed by atoms with van der Waals surface area (Å²) in [6.07, 6.45) is 1.77.